The predicted octanol–water partition coefficient (Wildman–Crippen LogP) is 5.71. The molecule has 1 nitrogen and oxygen atoms in total. The van der Waals surface area contributed by atoms with E-state index in [1.807, 2.05) is 12.1 Å². The van der Waals surface area contributed by atoms with E-state index in [1.165, 1.54) is 4.88 Å². The van der Waals surface area contributed by atoms with Gasteiger partial charge in [0.1, 0.15) is 0 Å². The van der Waals surface area contributed by atoms with Gasteiger partial charge < -0.3 is 5.32 Å². The van der Waals surface area contributed by atoms with E-state index in [9.17, 15) is 0 Å². The lowest BCUT2D eigenvalue weighted by atomic mass is 10.0. The van der Waals surface area contributed by atoms with Gasteiger partial charge in [-0.15, -0.1) is 11.3 Å². The first-order valence-electron chi connectivity index (χ1n) is 6.02. The van der Waals surface area contributed by atoms with Gasteiger partial charge in [0.15, 0.2) is 0 Å². The highest BCUT2D eigenvalue weighted by Gasteiger charge is 2.16. The van der Waals surface area contributed by atoms with Crippen molar-refractivity contribution in [3.63, 3.8) is 0 Å². The van der Waals surface area contributed by atoms with Crippen LogP contribution in [0.3, 0.4) is 0 Å². The molecule has 1 aromatic heterocycles. The quantitative estimate of drug-likeness (QED) is 0.702. The molecule has 1 N–H and O–H groups in total. The van der Waals surface area contributed by atoms with Crippen molar-refractivity contribution in [3.05, 3.63) is 54.6 Å². The van der Waals surface area contributed by atoms with Crippen LogP contribution in [0.1, 0.15) is 23.4 Å². The fourth-order valence-electron chi connectivity index (χ4n) is 1.98. The largest absolute Gasteiger partial charge is 0.310 e. The van der Waals surface area contributed by atoms with Crippen LogP contribution in [-0.4, -0.2) is 6.54 Å². The molecule has 19 heavy (non-hydrogen) atoms. The predicted molar refractivity (Wildman–Crippen MR) is 88.6 cm³/mol. The Morgan fingerprint density at radius 3 is 2.68 bits per heavy atom. The van der Waals surface area contributed by atoms with Crippen molar-refractivity contribution in [2.75, 3.05) is 6.54 Å². The van der Waals surface area contributed by atoms with Crippen molar-refractivity contribution in [2.24, 2.45) is 0 Å². The maximum Gasteiger partial charge on any atom is 0.0468 e. The molecule has 0 bridgehead atoms. The lowest BCUT2D eigenvalue weighted by Gasteiger charge is -2.19. The number of thiophene rings is 1. The Bertz CT molecular complexity index is 556. The minimum Gasteiger partial charge on any atom is -0.310 e. The molecule has 1 atom stereocenters. The molecule has 1 unspecified atom stereocenters. The van der Waals surface area contributed by atoms with Crippen molar-refractivity contribution in [1.29, 1.82) is 0 Å². The zero-order valence-electron chi connectivity index (χ0n) is 10.4. The molecule has 0 aliphatic carbocycles. The van der Waals surface area contributed by atoms with E-state index >= 15 is 0 Å². The van der Waals surface area contributed by atoms with Gasteiger partial charge in [-0.2, -0.15) is 0 Å². The number of hydrogen-bond acceptors (Lipinski definition) is 2. The summed E-state index contributed by atoms with van der Waals surface area (Å²) >= 11 is 17.6. The monoisotopic (exact) mass is 377 g/mol. The van der Waals surface area contributed by atoms with Gasteiger partial charge in [0.05, 0.1) is 0 Å². The second-order valence-electron chi connectivity index (χ2n) is 4.17. The SMILES string of the molecule is CCNC(Cc1sccc1Br)c1ccc(Cl)cc1Cl. The van der Waals surface area contributed by atoms with E-state index in [0.717, 1.165) is 23.0 Å². The molecule has 0 fully saturated rings. The van der Waals surface area contributed by atoms with E-state index in [0.29, 0.717) is 10.0 Å². The summed E-state index contributed by atoms with van der Waals surface area (Å²) in [6, 6.07) is 7.96. The maximum atomic E-state index is 6.31. The zero-order valence-corrected chi connectivity index (χ0v) is 14.3. The molecule has 0 radical (unpaired) electrons. The van der Waals surface area contributed by atoms with Crippen LogP contribution in [0.2, 0.25) is 10.0 Å². The molecule has 102 valence electrons. The number of nitrogens with one attached hydrogen (secondary N) is 1. The van der Waals surface area contributed by atoms with E-state index in [4.69, 9.17) is 23.2 Å². The summed E-state index contributed by atoms with van der Waals surface area (Å²) in [6.45, 7) is 2.99. The third-order valence-corrected chi connectivity index (χ3v) is 5.38. The maximum absolute atomic E-state index is 6.31. The Balaban J connectivity index is 2.27. The standard InChI is InChI=1S/C14H14BrCl2NS/c1-2-18-13(8-14-11(15)5-6-19-14)10-4-3-9(16)7-12(10)17/h3-7,13,18H,2,8H2,1H3. The van der Waals surface area contributed by atoms with Gasteiger partial charge in [-0.05, 0) is 51.6 Å². The van der Waals surface area contributed by atoms with Crippen molar-refractivity contribution < 1.29 is 0 Å². The lowest BCUT2D eigenvalue weighted by Crippen LogP contribution is -2.23. The topological polar surface area (TPSA) is 12.0 Å². The molecule has 1 heterocycles. The first kappa shape index (κ1) is 15.3. The highest BCUT2D eigenvalue weighted by molar-refractivity contribution is 9.10. The Morgan fingerprint density at radius 2 is 2.11 bits per heavy atom. The summed E-state index contributed by atoms with van der Waals surface area (Å²) in [6.07, 6.45) is 0.910. The van der Waals surface area contributed by atoms with Gasteiger partial charge in [0.2, 0.25) is 0 Å². The molecule has 0 aliphatic heterocycles. The van der Waals surface area contributed by atoms with Crippen LogP contribution in [0.25, 0.3) is 0 Å². The van der Waals surface area contributed by atoms with Gasteiger partial charge in [-0.3, -0.25) is 0 Å². The highest BCUT2D eigenvalue weighted by Crippen LogP contribution is 2.32. The molecule has 0 spiro atoms. The van der Waals surface area contributed by atoms with Gasteiger partial charge in [-0.1, -0.05) is 36.2 Å². The summed E-state index contributed by atoms with van der Waals surface area (Å²) in [5.74, 6) is 0. The zero-order chi connectivity index (χ0) is 13.8. The van der Waals surface area contributed by atoms with Crippen molar-refractivity contribution in [3.8, 4) is 0 Å². The van der Waals surface area contributed by atoms with Crippen molar-refractivity contribution in [1.82, 2.24) is 5.32 Å². The third-order valence-electron chi connectivity index (χ3n) is 2.87. The van der Waals surface area contributed by atoms with Gasteiger partial charge in [-0.25, -0.2) is 0 Å². The molecular formula is C14H14BrCl2NS. The Morgan fingerprint density at radius 1 is 1.32 bits per heavy atom. The molecule has 0 saturated heterocycles. The van der Waals surface area contributed by atoms with Gasteiger partial charge in [0, 0.05) is 31.9 Å². The highest BCUT2D eigenvalue weighted by atomic mass is 79.9. The Hall–Kier alpha value is -0.0600. The molecular weight excluding hydrogens is 365 g/mol. The van der Waals surface area contributed by atoms with E-state index in [-0.39, 0.29) is 6.04 Å². The second-order valence-corrected chi connectivity index (χ2v) is 6.87. The number of benzene rings is 1. The fraction of sp³-hybridized carbons (Fsp3) is 0.286. The molecule has 0 amide bonds. The summed E-state index contributed by atoms with van der Waals surface area (Å²) in [5.41, 5.74) is 1.09. The van der Waals surface area contributed by atoms with E-state index in [1.54, 1.807) is 17.4 Å². The smallest absolute Gasteiger partial charge is 0.0468 e. The van der Waals surface area contributed by atoms with Crippen molar-refractivity contribution in [2.45, 2.75) is 19.4 Å². The minimum atomic E-state index is 0.199. The normalized spacial score (nSPS) is 12.6. The number of halogens is 3. The first-order chi connectivity index (χ1) is 9.11. The molecule has 2 rings (SSSR count). The average molecular weight is 379 g/mol. The molecule has 2 aromatic rings. The van der Waals surface area contributed by atoms with Crippen LogP contribution < -0.4 is 5.32 Å². The number of rotatable bonds is 5. The first-order valence-corrected chi connectivity index (χ1v) is 8.45. The minimum absolute atomic E-state index is 0.199. The van der Waals surface area contributed by atoms with Gasteiger partial charge in [0.25, 0.3) is 0 Å². The van der Waals surface area contributed by atoms with Crippen LogP contribution in [0.4, 0.5) is 0 Å². The molecule has 1 aromatic carbocycles. The van der Waals surface area contributed by atoms with Gasteiger partial charge >= 0.3 is 0 Å². The van der Waals surface area contributed by atoms with Crippen LogP contribution in [-0.2, 0) is 6.42 Å². The summed E-state index contributed by atoms with van der Waals surface area (Å²) in [4.78, 5) is 1.32. The number of likely N-dealkylation sites (N-methyl/N-ethyl adjacent to an activating group) is 1. The van der Waals surface area contributed by atoms with Crippen molar-refractivity contribution >= 4 is 50.5 Å². The Kier molecular flexibility index (Phi) is 5.72. The molecule has 0 saturated carbocycles. The second kappa shape index (κ2) is 7.09. The average Bonchev–Trinajstić information content (AvgIpc) is 2.75. The summed E-state index contributed by atoms with van der Waals surface area (Å²) in [5, 5.41) is 6.95. The fourth-order valence-corrected chi connectivity index (χ4v) is 4.08. The van der Waals surface area contributed by atoms with Crippen LogP contribution in [0.5, 0.6) is 0 Å². The van der Waals surface area contributed by atoms with Crippen LogP contribution in [0, 0.1) is 0 Å². The lowest BCUT2D eigenvalue weighted by molar-refractivity contribution is 0.553. The van der Waals surface area contributed by atoms with E-state index < -0.39 is 0 Å². The Labute approximate surface area is 136 Å². The molecule has 0 aliphatic rings. The summed E-state index contributed by atoms with van der Waals surface area (Å²) in [7, 11) is 0. The van der Waals surface area contributed by atoms with E-state index in [2.05, 4.69) is 39.6 Å². The van der Waals surface area contributed by atoms with Crippen LogP contribution in [0.15, 0.2) is 34.1 Å². The number of hydrogen-bond donors (Lipinski definition) is 1. The molecule has 5 heteroatoms. The third kappa shape index (κ3) is 3.96. The van der Waals surface area contributed by atoms with Crippen LogP contribution >= 0.6 is 50.5 Å². The summed E-state index contributed by atoms with van der Waals surface area (Å²) < 4.78 is 1.16.